The van der Waals surface area contributed by atoms with Gasteiger partial charge in [0, 0.05) is 13.6 Å². The third kappa shape index (κ3) is 2.97. The van der Waals surface area contributed by atoms with Crippen molar-refractivity contribution < 1.29 is 4.92 Å². The van der Waals surface area contributed by atoms with Gasteiger partial charge in [-0.2, -0.15) is 16.3 Å². The van der Waals surface area contributed by atoms with Crippen LogP contribution in [0, 0.1) is 17.0 Å². The summed E-state index contributed by atoms with van der Waals surface area (Å²) in [5.74, 6) is 0.560. The fraction of sp³-hybridized carbons (Fsp3) is 0.273. The van der Waals surface area contributed by atoms with E-state index in [2.05, 4.69) is 20.6 Å². The molecule has 0 aliphatic heterocycles. The van der Waals surface area contributed by atoms with Crippen molar-refractivity contribution in [2.24, 2.45) is 0 Å². The van der Waals surface area contributed by atoms with Crippen molar-refractivity contribution in [1.82, 2.24) is 9.97 Å². The zero-order chi connectivity index (χ0) is 13.8. The number of rotatable bonds is 5. The molecule has 0 saturated heterocycles. The van der Waals surface area contributed by atoms with Crippen molar-refractivity contribution in [1.29, 1.82) is 0 Å². The maximum atomic E-state index is 10.9. The molecule has 0 bridgehead atoms. The minimum Gasteiger partial charge on any atom is -0.360 e. The van der Waals surface area contributed by atoms with Gasteiger partial charge in [-0.15, -0.1) is 0 Å². The first kappa shape index (κ1) is 13.2. The predicted molar refractivity (Wildman–Crippen MR) is 74.6 cm³/mol. The van der Waals surface area contributed by atoms with Crippen LogP contribution in [0.15, 0.2) is 17.0 Å². The number of aromatic nitrogens is 2. The molecule has 2 aromatic heterocycles. The van der Waals surface area contributed by atoms with Crippen molar-refractivity contribution in [3.8, 4) is 0 Å². The number of nitrogens with one attached hydrogen (secondary N) is 2. The van der Waals surface area contributed by atoms with E-state index in [9.17, 15) is 10.1 Å². The largest absolute Gasteiger partial charge is 0.360 e. The SMILES string of the molecule is CNc1ncc([N+](=O)[O-])c(NCc2cscc2C)n1. The molecule has 0 fully saturated rings. The van der Waals surface area contributed by atoms with Crippen molar-refractivity contribution in [3.63, 3.8) is 0 Å². The quantitative estimate of drug-likeness (QED) is 0.645. The normalized spacial score (nSPS) is 10.2. The lowest BCUT2D eigenvalue weighted by Gasteiger charge is -2.07. The maximum absolute atomic E-state index is 10.9. The van der Waals surface area contributed by atoms with E-state index < -0.39 is 4.92 Å². The van der Waals surface area contributed by atoms with E-state index in [1.54, 1.807) is 18.4 Å². The smallest absolute Gasteiger partial charge is 0.329 e. The Morgan fingerprint density at radius 1 is 1.47 bits per heavy atom. The van der Waals surface area contributed by atoms with Crippen LogP contribution in [0.25, 0.3) is 0 Å². The van der Waals surface area contributed by atoms with Gasteiger partial charge >= 0.3 is 5.69 Å². The van der Waals surface area contributed by atoms with Crippen LogP contribution in [-0.4, -0.2) is 21.9 Å². The van der Waals surface area contributed by atoms with Gasteiger partial charge in [0.25, 0.3) is 0 Å². The molecule has 2 N–H and O–H groups in total. The molecule has 0 unspecified atom stereocenters. The molecule has 2 rings (SSSR count). The van der Waals surface area contributed by atoms with E-state index in [-0.39, 0.29) is 11.5 Å². The summed E-state index contributed by atoms with van der Waals surface area (Å²) >= 11 is 1.60. The highest BCUT2D eigenvalue weighted by Gasteiger charge is 2.17. The molecule has 19 heavy (non-hydrogen) atoms. The first-order valence-electron chi connectivity index (χ1n) is 5.56. The lowest BCUT2D eigenvalue weighted by atomic mass is 10.2. The molecule has 0 aromatic carbocycles. The van der Waals surface area contributed by atoms with E-state index >= 15 is 0 Å². The second-order valence-electron chi connectivity index (χ2n) is 3.87. The van der Waals surface area contributed by atoms with Gasteiger partial charge in [-0.3, -0.25) is 10.1 Å². The number of anilines is 2. The minimum atomic E-state index is -0.498. The van der Waals surface area contributed by atoms with Crippen molar-refractivity contribution in [3.05, 3.63) is 38.2 Å². The third-order valence-electron chi connectivity index (χ3n) is 2.60. The molecule has 7 nitrogen and oxygen atoms in total. The standard InChI is InChI=1S/C11H13N5O2S/c1-7-5-19-6-8(7)3-13-10-9(16(17)18)4-14-11(12-2)15-10/h4-6H,3H2,1-2H3,(H2,12,13,14,15). The summed E-state index contributed by atoms with van der Waals surface area (Å²) in [6.07, 6.45) is 1.20. The molecule has 0 atom stereocenters. The second-order valence-corrected chi connectivity index (χ2v) is 4.61. The monoisotopic (exact) mass is 279 g/mol. The van der Waals surface area contributed by atoms with Crippen molar-refractivity contribution in [2.75, 3.05) is 17.7 Å². The van der Waals surface area contributed by atoms with Crippen LogP contribution in [0.3, 0.4) is 0 Å². The van der Waals surface area contributed by atoms with Gasteiger partial charge in [-0.25, -0.2) is 4.98 Å². The average molecular weight is 279 g/mol. The summed E-state index contributed by atoms with van der Waals surface area (Å²) in [6.45, 7) is 2.50. The molecule has 8 heteroatoms. The highest BCUT2D eigenvalue weighted by Crippen LogP contribution is 2.23. The fourth-order valence-electron chi connectivity index (χ4n) is 1.51. The van der Waals surface area contributed by atoms with Crippen molar-refractivity contribution >= 4 is 28.8 Å². The van der Waals surface area contributed by atoms with Gasteiger partial charge in [0.1, 0.15) is 6.20 Å². The number of aryl methyl sites for hydroxylation is 1. The van der Waals surface area contributed by atoms with E-state index in [0.29, 0.717) is 12.5 Å². The van der Waals surface area contributed by atoms with E-state index in [4.69, 9.17) is 0 Å². The molecule has 2 heterocycles. The number of hydrogen-bond acceptors (Lipinski definition) is 7. The summed E-state index contributed by atoms with van der Waals surface area (Å²) in [7, 11) is 1.66. The average Bonchev–Trinajstić information content (AvgIpc) is 2.81. The molecule has 0 radical (unpaired) electrons. The summed E-state index contributed by atoms with van der Waals surface area (Å²) in [4.78, 5) is 18.3. The maximum Gasteiger partial charge on any atom is 0.329 e. The Morgan fingerprint density at radius 2 is 2.26 bits per heavy atom. The Hall–Kier alpha value is -2.22. The molecule has 0 spiro atoms. The first-order valence-corrected chi connectivity index (χ1v) is 6.51. The lowest BCUT2D eigenvalue weighted by Crippen LogP contribution is -2.07. The Bertz CT molecular complexity index is 599. The van der Waals surface area contributed by atoms with E-state index in [1.807, 2.05) is 17.7 Å². The van der Waals surface area contributed by atoms with Crippen LogP contribution in [0.5, 0.6) is 0 Å². The molecule has 0 amide bonds. The third-order valence-corrected chi connectivity index (χ3v) is 3.51. The van der Waals surface area contributed by atoms with Crippen LogP contribution in [0.4, 0.5) is 17.5 Å². The molecule has 2 aromatic rings. The number of nitro groups is 1. The Balaban J connectivity index is 2.22. The number of nitrogens with zero attached hydrogens (tertiary/aromatic N) is 3. The van der Waals surface area contributed by atoms with Gasteiger partial charge in [0.15, 0.2) is 0 Å². The van der Waals surface area contributed by atoms with Crippen molar-refractivity contribution in [2.45, 2.75) is 13.5 Å². The van der Waals surface area contributed by atoms with E-state index in [0.717, 1.165) is 11.1 Å². The molecular weight excluding hydrogens is 266 g/mol. The lowest BCUT2D eigenvalue weighted by molar-refractivity contribution is -0.384. The molecule has 0 aliphatic carbocycles. The molecule has 0 aliphatic rings. The van der Waals surface area contributed by atoms with Crippen LogP contribution in [-0.2, 0) is 6.54 Å². The summed E-state index contributed by atoms with van der Waals surface area (Å²) < 4.78 is 0. The summed E-state index contributed by atoms with van der Waals surface area (Å²) in [5.41, 5.74) is 2.12. The number of thiophene rings is 1. The Kier molecular flexibility index (Phi) is 3.91. The number of hydrogen-bond donors (Lipinski definition) is 2. The van der Waals surface area contributed by atoms with Gasteiger partial charge < -0.3 is 10.6 Å². The first-order chi connectivity index (χ1) is 9.11. The van der Waals surface area contributed by atoms with Crippen LogP contribution >= 0.6 is 11.3 Å². The highest BCUT2D eigenvalue weighted by molar-refractivity contribution is 7.08. The van der Waals surface area contributed by atoms with Crippen LogP contribution in [0.1, 0.15) is 11.1 Å². The predicted octanol–water partition coefficient (Wildman–Crippen LogP) is 2.41. The molecule has 0 saturated carbocycles. The minimum absolute atomic E-state index is 0.133. The summed E-state index contributed by atoms with van der Waals surface area (Å²) in [5, 5.41) is 20.7. The van der Waals surface area contributed by atoms with E-state index in [1.165, 1.54) is 6.20 Å². The van der Waals surface area contributed by atoms with Gasteiger partial charge in [-0.1, -0.05) is 0 Å². The van der Waals surface area contributed by atoms with Gasteiger partial charge in [-0.05, 0) is 28.8 Å². The highest BCUT2D eigenvalue weighted by atomic mass is 32.1. The topological polar surface area (TPSA) is 93.0 Å². The molecule has 100 valence electrons. The Morgan fingerprint density at radius 3 is 2.84 bits per heavy atom. The fourth-order valence-corrected chi connectivity index (χ4v) is 2.36. The molecular formula is C11H13N5O2S. The van der Waals surface area contributed by atoms with Crippen LogP contribution < -0.4 is 10.6 Å². The van der Waals surface area contributed by atoms with Crippen LogP contribution in [0.2, 0.25) is 0 Å². The van der Waals surface area contributed by atoms with Gasteiger partial charge in [0.2, 0.25) is 11.8 Å². The van der Waals surface area contributed by atoms with Gasteiger partial charge in [0.05, 0.1) is 4.92 Å². The Labute approximate surface area is 113 Å². The zero-order valence-electron chi connectivity index (χ0n) is 10.5. The zero-order valence-corrected chi connectivity index (χ0v) is 11.3. The second kappa shape index (κ2) is 5.61. The summed E-state index contributed by atoms with van der Waals surface area (Å²) in [6, 6.07) is 0.